The predicted molar refractivity (Wildman–Crippen MR) is 153 cm³/mol. The minimum atomic E-state index is -4.26. The minimum absolute atomic E-state index is 0.0612. The van der Waals surface area contributed by atoms with Crippen LogP contribution in [0.3, 0.4) is 0 Å². The van der Waals surface area contributed by atoms with E-state index in [9.17, 15) is 22.4 Å². The third-order valence-corrected chi connectivity index (χ3v) is 8.11. The molecule has 3 aromatic rings. The maximum Gasteiger partial charge on any atom is 0.264 e. The number of carbonyl (C=O) groups is 2. The van der Waals surface area contributed by atoms with Crippen LogP contribution in [0.2, 0.25) is 0 Å². The van der Waals surface area contributed by atoms with Gasteiger partial charge in [-0.15, -0.1) is 0 Å². The molecule has 0 unspecified atom stereocenters. The number of hydrogen-bond donors (Lipinski definition) is 1. The molecule has 8 nitrogen and oxygen atoms in total. The van der Waals surface area contributed by atoms with Crippen LogP contribution in [0.4, 0.5) is 10.1 Å². The molecule has 0 radical (unpaired) electrons. The number of hydrogen-bond acceptors (Lipinski definition) is 5. The van der Waals surface area contributed by atoms with Crippen molar-refractivity contribution in [2.75, 3.05) is 24.0 Å². The van der Waals surface area contributed by atoms with E-state index in [-0.39, 0.29) is 23.0 Å². The van der Waals surface area contributed by atoms with Crippen LogP contribution in [0.5, 0.6) is 5.75 Å². The molecule has 0 bridgehead atoms. The van der Waals surface area contributed by atoms with Crippen LogP contribution in [0, 0.1) is 12.7 Å². The first-order valence-electron chi connectivity index (χ1n) is 13.2. The van der Waals surface area contributed by atoms with Crippen LogP contribution in [0.1, 0.15) is 38.3 Å². The van der Waals surface area contributed by atoms with Crippen molar-refractivity contribution in [3.05, 3.63) is 89.7 Å². The fourth-order valence-corrected chi connectivity index (χ4v) is 5.65. The molecule has 40 heavy (non-hydrogen) atoms. The Kier molecular flexibility index (Phi) is 10.7. The minimum Gasteiger partial charge on any atom is -0.494 e. The molecule has 10 heteroatoms. The summed E-state index contributed by atoms with van der Waals surface area (Å²) >= 11 is 0. The third kappa shape index (κ3) is 7.59. The molecule has 0 heterocycles. The Bertz CT molecular complexity index is 1380. The molecule has 0 aliphatic carbocycles. The predicted octanol–water partition coefficient (Wildman–Crippen LogP) is 4.67. The summed E-state index contributed by atoms with van der Waals surface area (Å²) in [7, 11) is -4.26. The van der Waals surface area contributed by atoms with Gasteiger partial charge < -0.3 is 15.0 Å². The van der Waals surface area contributed by atoms with Gasteiger partial charge in [-0.25, -0.2) is 12.8 Å². The number of likely N-dealkylation sites (N-methyl/N-ethyl adjacent to an activating group) is 1. The molecule has 0 fully saturated rings. The van der Waals surface area contributed by atoms with Gasteiger partial charge in [-0.2, -0.15) is 0 Å². The van der Waals surface area contributed by atoms with Gasteiger partial charge in [-0.05, 0) is 81.3 Å². The summed E-state index contributed by atoms with van der Waals surface area (Å²) in [6, 6.07) is 17.5. The summed E-state index contributed by atoms with van der Waals surface area (Å²) in [6.45, 7) is 7.67. The molecule has 3 aromatic carbocycles. The zero-order valence-corrected chi connectivity index (χ0v) is 24.1. The maximum absolute atomic E-state index is 13.9. The van der Waals surface area contributed by atoms with E-state index in [1.54, 1.807) is 13.8 Å². The Morgan fingerprint density at radius 2 is 1.55 bits per heavy atom. The smallest absolute Gasteiger partial charge is 0.264 e. The van der Waals surface area contributed by atoms with Crippen LogP contribution < -0.4 is 14.4 Å². The van der Waals surface area contributed by atoms with Crippen LogP contribution in [-0.2, 0) is 26.2 Å². The van der Waals surface area contributed by atoms with Crippen molar-refractivity contribution in [1.29, 1.82) is 0 Å². The summed E-state index contributed by atoms with van der Waals surface area (Å²) in [5.41, 5.74) is 1.95. The zero-order valence-electron chi connectivity index (χ0n) is 23.3. The first-order valence-corrected chi connectivity index (χ1v) is 14.7. The summed E-state index contributed by atoms with van der Waals surface area (Å²) in [5.74, 6) is -0.940. The molecular weight excluding hydrogens is 533 g/mol. The highest BCUT2D eigenvalue weighted by Crippen LogP contribution is 2.26. The highest BCUT2D eigenvalue weighted by atomic mass is 32.2. The van der Waals surface area contributed by atoms with E-state index in [0.29, 0.717) is 25.3 Å². The number of sulfonamides is 1. The number of halogens is 1. The van der Waals surface area contributed by atoms with E-state index in [2.05, 4.69) is 5.32 Å². The van der Waals surface area contributed by atoms with Crippen LogP contribution in [0.25, 0.3) is 0 Å². The number of carbonyl (C=O) groups excluding carboxylic acids is 2. The second kappa shape index (κ2) is 13.9. The Labute approximate surface area is 235 Å². The third-order valence-electron chi connectivity index (χ3n) is 6.33. The number of aryl methyl sites for hydroxylation is 1. The van der Waals surface area contributed by atoms with Gasteiger partial charge in [0.25, 0.3) is 10.0 Å². The lowest BCUT2D eigenvalue weighted by molar-refractivity contribution is -0.140. The van der Waals surface area contributed by atoms with E-state index < -0.39 is 34.3 Å². The van der Waals surface area contributed by atoms with E-state index >= 15 is 0 Å². The van der Waals surface area contributed by atoms with Crippen molar-refractivity contribution in [1.82, 2.24) is 10.2 Å². The lowest BCUT2D eigenvalue weighted by Gasteiger charge is -2.33. The van der Waals surface area contributed by atoms with Crippen LogP contribution in [0.15, 0.2) is 77.7 Å². The molecule has 0 saturated carbocycles. The molecule has 0 spiro atoms. The topological polar surface area (TPSA) is 96.0 Å². The lowest BCUT2D eigenvalue weighted by Crippen LogP contribution is -2.52. The maximum atomic E-state index is 13.9. The molecular formula is C30H36FN3O5S. The monoisotopic (exact) mass is 569 g/mol. The average Bonchev–Trinajstić information content (AvgIpc) is 2.93. The van der Waals surface area contributed by atoms with Crippen molar-refractivity contribution in [3.8, 4) is 5.75 Å². The van der Waals surface area contributed by atoms with Gasteiger partial charge in [-0.1, -0.05) is 36.8 Å². The van der Waals surface area contributed by atoms with Gasteiger partial charge in [-0.3, -0.25) is 13.9 Å². The first kappa shape index (κ1) is 30.6. The van der Waals surface area contributed by atoms with Crippen molar-refractivity contribution in [3.63, 3.8) is 0 Å². The summed E-state index contributed by atoms with van der Waals surface area (Å²) in [6.07, 6.45) is 0.325. The number of nitrogens with zero attached hydrogens (tertiary/aromatic N) is 2. The van der Waals surface area contributed by atoms with Crippen molar-refractivity contribution < 1.29 is 27.1 Å². The van der Waals surface area contributed by atoms with Gasteiger partial charge in [0.15, 0.2) is 0 Å². The molecule has 0 aliphatic heterocycles. The van der Waals surface area contributed by atoms with E-state index in [1.807, 2.05) is 38.1 Å². The summed E-state index contributed by atoms with van der Waals surface area (Å²) < 4.78 is 47.8. The molecule has 214 valence electrons. The van der Waals surface area contributed by atoms with Crippen LogP contribution >= 0.6 is 0 Å². The molecule has 0 aromatic heterocycles. The van der Waals surface area contributed by atoms with Gasteiger partial charge in [0.2, 0.25) is 11.8 Å². The number of amides is 2. The quantitative estimate of drug-likeness (QED) is 0.323. The van der Waals surface area contributed by atoms with E-state index in [4.69, 9.17) is 4.74 Å². The Hall–Kier alpha value is -3.92. The molecule has 0 aliphatic rings. The van der Waals surface area contributed by atoms with Gasteiger partial charge in [0.1, 0.15) is 24.2 Å². The Balaban J connectivity index is 2.04. The molecule has 3 rings (SSSR count). The fourth-order valence-electron chi connectivity index (χ4n) is 4.24. The number of ether oxygens (including phenoxy) is 1. The van der Waals surface area contributed by atoms with Crippen molar-refractivity contribution in [2.24, 2.45) is 0 Å². The molecule has 1 N–H and O–H groups in total. The van der Waals surface area contributed by atoms with Gasteiger partial charge >= 0.3 is 0 Å². The second-order valence-electron chi connectivity index (χ2n) is 9.22. The molecule has 0 saturated heterocycles. The van der Waals surface area contributed by atoms with E-state index in [1.165, 1.54) is 41.3 Å². The van der Waals surface area contributed by atoms with Crippen LogP contribution in [-0.4, -0.2) is 50.9 Å². The standard InChI is InChI=1S/C30H36FN3O5S/c1-5-28(30(36)32-6-2)33(20-23-10-8-22(4)9-11-23)29(35)21-34(25-14-12-24(31)13-15-25)40(37,38)27-18-16-26(17-19-27)39-7-3/h8-19,28H,5-7,20-21H2,1-4H3,(H,32,36)/t28-/m1/s1. The largest absolute Gasteiger partial charge is 0.494 e. The Morgan fingerprint density at radius 1 is 0.925 bits per heavy atom. The second-order valence-corrected chi connectivity index (χ2v) is 11.1. The molecule has 1 atom stereocenters. The van der Waals surface area contributed by atoms with Gasteiger partial charge in [0, 0.05) is 13.1 Å². The number of benzene rings is 3. The molecule has 2 amide bonds. The highest BCUT2D eigenvalue weighted by Gasteiger charge is 2.33. The Morgan fingerprint density at radius 3 is 2.10 bits per heavy atom. The first-order chi connectivity index (χ1) is 19.1. The average molecular weight is 570 g/mol. The van der Waals surface area contributed by atoms with Crippen molar-refractivity contribution in [2.45, 2.75) is 51.6 Å². The summed E-state index contributed by atoms with van der Waals surface area (Å²) in [4.78, 5) is 28.2. The number of nitrogens with one attached hydrogen (secondary N) is 1. The van der Waals surface area contributed by atoms with E-state index in [0.717, 1.165) is 27.6 Å². The van der Waals surface area contributed by atoms with Gasteiger partial charge in [0.05, 0.1) is 17.2 Å². The highest BCUT2D eigenvalue weighted by molar-refractivity contribution is 7.92. The van der Waals surface area contributed by atoms with Crippen molar-refractivity contribution >= 4 is 27.5 Å². The number of anilines is 1. The zero-order chi connectivity index (χ0) is 29.3. The number of rotatable bonds is 13. The summed E-state index contributed by atoms with van der Waals surface area (Å²) in [5, 5.41) is 2.77. The SMILES string of the molecule is CCNC(=O)[C@@H](CC)N(Cc1ccc(C)cc1)C(=O)CN(c1ccc(F)cc1)S(=O)(=O)c1ccc(OCC)cc1. The lowest BCUT2D eigenvalue weighted by atomic mass is 10.1. The normalized spacial score (nSPS) is 11.9. The fraction of sp³-hybridized carbons (Fsp3) is 0.333.